The van der Waals surface area contributed by atoms with Crippen molar-refractivity contribution in [2.45, 2.75) is 238 Å². The fourth-order valence-electron chi connectivity index (χ4n) is 6.61. The third-order valence-electron chi connectivity index (χ3n) is 10.1. The zero-order valence-electron chi connectivity index (χ0n) is 35.1. The number of carboxylic acid groups (broad SMARTS) is 1. The van der Waals surface area contributed by atoms with Gasteiger partial charge in [-0.05, 0) is 12.8 Å². The summed E-state index contributed by atoms with van der Waals surface area (Å²) >= 11 is 0. The van der Waals surface area contributed by atoms with Gasteiger partial charge in [-0.2, -0.15) is 0 Å². The molecule has 4 N–H and O–H groups in total. The molecule has 0 fully saturated rings. The number of hydrogen-bond acceptors (Lipinski definition) is 8. The number of phosphoric acid groups is 1. The third kappa shape index (κ3) is 39.2. The number of ether oxygens (including phenoxy) is 2. The van der Waals surface area contributed by atoms with Gasteiger partial charge in [-0.25, -0.2) is 4.57 Å². The Morgan fingerprint density at radius 1 is 0.519 bits per heavy atom. The highest BCUT2D eigenvalue weighted by Gasteiger charge is 2.27. The second-order valence-electron chi connectivity index (χ2n) is 15.5. The fraction of sp³-hybridized carbons (Fsp3) is 0.953. The average molecular weight is 792 g/mol. The van der Waals surface area contributed by atoms with E-state index in [1.54, 1.807) is 0 Å². The van der Waals surface area contributed by atoms with E-state index in [2.05, 4.69) is 13.8 Å². The number of carbonyl (C=O) groups excluding carboxylic acids is 1. The van der Waals surface area contributed by atoms with E-state index in [0.717, 1.165) is 38.5 Å². The van der Waals surface area contributed by atoms with Crippen LogP contribution in [0.3, 0.4) is 0 Å². The van der Waals surface area contributed by atoms with E-state index < -0.39 is 45.1 Å². The number of carbonyl (C=O) groups is 2. The summed E-state index contributed by atoms with van der Waals surface area (Å²) in [6.07, 6.45) is 40.1. The molecule has 0 aromatic heterocycles. The highest BCUT2D eigenvalue weighted by molar-refractivity contribution is 7.47. The fourth-order valence-corrected chi connectivity index (χ4v) is 7.38. The van der Waals surface area contributed by atoms with E-state index >= 15 is 0 Å². The van der Waals surface area contributed by atoms with Gasteiger partial charge in [0.1, 0.15) is 12.1 Å². The van der Waals surface area contributed by atoms with Crippen LogP contribution >= 0.6 is 7.82 Å². The molecule has 0 aromatic carbocycles. The van der Waals surface area contributed by atoms with Gasteiger partial charge in [0.15, 0.2) is 0 Å². The molecule has 0 saturated heterocycles. The Morgan fingerprint density at radius 2 is 0.852 bits per heavy atom. The predicted molar refractivity (Wildman–Crippen MR) is 222 cm³/mol. The quantitative estimate of drug-likeness (QED) is 0.0308. The summed E-state index contributed by atoms with van der Waals surface area (Å²) in [7, 11) is -4.61. The first-order chi connectivity index (χ1) is 26.2. The van der Waals surface area contributed by atoms with Crippen LogP contribution in [0.4, 0.5) is 0 Å². The molecular formula is C43H86NO9P. The number of esters is 1. The van der Waals surface area contributed by atoms with Gasteiger partial charge in [0, 0.05) is 13.0 Å². The first kappa shape index (κ1) is 53.0. The lowest BCUT2D eigenvalue weighted by Gasteiger charge is -2.20. The Morgan fingerprint density at radius 3 is 1.22 bits per heavy atom. The zero-order valence-corrected chi connectivity index (χ0v) is 36.0. The molecule has 0 saturated carbocycles. The Bertz CT molecular complexity index is 878. The minimum absolute atomic E-state index is 0.0258. The maximum Gasteiger partial charge on any atom is 0.472 e. The minimum atomic E-state index is -4.61. The lowest BCUT2D eigenvalue weighted by Crippen LogP contribution is -2.34. The molecule has 0 aliphatic carbocycles. The molecule has 0 amide bonds. The molecule has 0 rings (SSSR count). The summed E-state index contributed by atoms with van der Waals surface area (Å²) in [6.45, 7) is 3.93. The molecule has 10 nitrogen and oxygen atoms in total. The molecule has 322 valence electrons. The number of aliphatic carboxylic acids is 1. The average Bonchev–Trinajstić information content (AvgIpc) is 3.15. The highest BCUT2D eigenvalue weighted by atomic mass is 31.2. The SMILES string of the molecule is CCCCCCCCCCCCCCCCCCCCCOCC(COP(=O)(O)OCC(N)C(=O)O)OC(=O)CCCCCCCCCCCCCCC. The number of phosphoric ester groups is 1. The second-order valence-corrected chi connectivity index (χ2v) is 17.0. The maximum atomic E-state index is 12.6. The Labute approximate surface area is 331 Å². The number of rotatable bonds is 44. The molecule has 0 spiro atoms. The van der Waals surface area contributed by atoms with Crippen LogP contribution in [0, 0.1) is 0 Å². The first-order valence-electron chi connectivity index (χ1n) is 22.6. The molecule has 3 unspecified atom stereocenters. The molecule has 0 aromatic rings. The summed E-state index contributed by atoms with van der Waals surface area (Å²) in [6, 6.07) is -1.47. The summed E-state index contributed by atoms with van der Waals surface area (Å²) in [4.78, 5) is 33.5. The highest BCUT2D eigenvalue weighted by Crippen LogP contribution is 2.43. The van der Waals surface area contributed by atoms with Gasteiger partial charge in [-0.15, -0.1) is 0 Å². The number of unbranched alkanes of at least 4 members (excludes halogenated alkanes) is 30. The molecule has 0 radical (unpaired) electrons. The van der Waals surface area contributed by atoms with E-state index in [0.29, 0.717) is 6.61 Å². The third-order valence-corrected chi connectivity index (χ3v) is 11.1. The van der Waals surface area contributed by atoms with Crippen LogP contribution in [0.25, 0.3) is 0 Å². The molecule has 3 atom stereocenters. The van der Waals surface area contributed by atoms with E-state index in [1.165, 1.54) is 167 Å². The first-order valence-corrected chi connectivity index (χ1v) is 24.1. The van der Waals surface area contributed by atoms with Crippen LogP contribution in [0.1, 0.15) is 226 Å². The van der Waals surface area contributed by atoms with Crippen LogP contribution < -0.4 is 5.73 Å². The second kappa shape index (κ2) is 40.2. The molecule has 54 heavy (non-hydrogen) atoms. The summed E-state index contributed by atoms with van der Waals surface area (Å²) < 4.78 is 33.4. The van der Waals surface area contributed by atoms with Gasteiger partial charge in [0.2, 0.25) is 0 Å². The number of hydrogen-bond donors (Lipinski definition) is 3. The van der Waals surface area contributed by atoms with E-state index in [4.69, 9.17) is 29.4 Å². The minimum Gasteiger partial charge on any atom is -0.480 e. The smallest absolute Gasteiger partial charge is 0.472 e. The molecule has 11 heteroatoms. The Kier molecular flexibility index (Phi) is 39.4. The number of nitrogens with two attached hydrogens (primary N) is 1. The van der Waals surface area contributed by atoms with Crippen molar-refractivity contribution in [1.82, 2.24) is 0 Å². The van der Waals surface area contributed by atoms with E-state index in [1.807, 2.05) is 0 Å². The Hall–Kier alpha value is -1.03. The van der Waals surface area contributed by atoms with Crippen LogP contribution in [0.2, 0.25) is 0 Å². The van der Waals surface area contributed by atoms with Gasteiger partial charge in [0.25, 0.3) is 0 Å². The number of carboxylic acids is 1. The van der Waals surface area contributed by atoms with Crippen molar-refractivity contribution in [2.75, 3.05) is 26.4 Å². The van der Waals surface area contributed by atoms with Crippen LogP contribution in [0.5, 0.6) is 0 Å². The Balaban J connectivity index is 4.13. The molecule has 0 aliphatic rings. The monoisotopic (exact) mass is 792 g/mol. The van der Waals surface area contributed by atoms with Crippen molar-refractivity contribution in [1.29, 1.82) is 0 Å². The molecule has 0 heterocycles. The van der Waals surface area contributed by atoms with Crippen LogP contribution in [-0.2, 0) is 32.7 Å². The van der Waals surface area contributed by atoms with Gasteiger partial charge >= 0.3 is 19.8 Å². The van der Waals surface area contributed by atoms with Crippen molar-refractivity contribution < 1.29 is 42.7 Å². The van der Waals surface area contributed by atoms with Crippen molar-refractivity contribution in [3.05, 3.63) is 0 Å². The van der Waals surface area contributed by atoms with E-state index in [9.17, 15) is 19.0 Å². The summed E-state index contributed by atoms with van der Waals surface area (Å²) in [5.74, 6) is -1.77. The summed E-state index contributed by atoms with van der Waals surface area (Å²) in [5.41, 5.74) is 5.36. The van der Waals surface area contributed by atoms with Gasteiger partial charge in [-0.1, -0.05) is 206 Å². The molecule has 0 bridgehead atoms. The van der Waals surface area contributed by atoms with Crippen molar-refractivity contribution in [3.8, 4) is 0 Å². The molecule has 0 aliphatic heterocycles. The van der Waals surface area contributed by atoms with Crippen molar-refractivity contribution >= 4 is 19.8 Å². The van der Waals surface area contributed by atoms with Gasteiger partial charge in [0.05, 0.1) is 19.8 Å². The van der Waals surface area contributed by atoms with Crippen LogP contribution in [-0.4, -0.2) is 60.5 Å². The maximum absolute atomic E-state index is 12.6. The van der Waals surface area contributed by atoms with Gasteiger partial charge < -0.3 is 25.2 Å². The molecular weight excluding hydrogens is 705 g/mol. The largest absolute Gasteiger partial charge is 0.480 e. The lowest BCUT2D eigenvalue weighted by molar-refractivity contribution is -0.154. The zero-order chi connectivity index (χ0) is 39.8. The van der Waals surface area contributed by atoms with Crippen molar-refractivity contribution in [2.24, 2.45) is 5.73 Å². The standard InChI is InChI=1S/C43H86NO9P/c1-3-5-7-9-11-13-15-17-18-19-20-21-22-24-26-28-30-32-34-36-50-37-40(38-51-54(48,49)52-39-41(44)43(46)47)53-42(45)35-33-31-29-27-25-23-16-14-12-10-8-6-4-2/h40-41H,3-39,44H2,1-2H3,(H,46,47)(H,48,49). The van der Waals surface area contributed by atoms with Crippen LogP contribution in [0.15, 0.2) is 0 Å². The summed E-state index contributed by atoms with van der Waals surface area (Å²) in [5, 5.41) is 8.89. The normalized spacial score (nSPS) is 13.9. The van der Waals surface area contributed by atoms with E-state index in [-0.39, 0.29) is 13.0 Å². The topological polar surface area (TPSA) is 155 Å². The van der Waals surface area contributed by atoms with Gasteiger partial charge in [-0.3, -0.25) is 18.6 Å². The lowest BCUT2D eigenvalue weighted by atomic mass is 10.0. The van der Waals surface area contributed by atoms with Crippen molar-refractivity contribution in [3.63, 3.8) is 0 Å². The predicted octanol–water partition coefficient (Wildman–Crippen LogP) is 12.4.